The van der Waals surface area contributed by atoms with Gasteiger partial charge in [-0.25, -0.2) is 4.39 Å². The molecule has 4 N–H and O–H groups in total. The summed E-state index contributed by atoms with van der Waals surface area (Å²) in [6.07, 6.45) is 0. The summed E-state index contributed by atoms with van der Waals surface area (Å²) < 4.78 is 12.7. The van der Waals surface area contributed by atoms with Crippen LogP contribution >= 0.6 is 0 Å². The summed E-state index contributed by atoms with van der Waals surface area (Å²) in [5.74, 6) is -0.440. The molecule has 0 aliphatic carbocycles. The van der Waals surface area contributed by atoms with Crippen LogP contribution in [-0.4, -0.2) is 6.54 Å². The van der Waals surface area contributed by atoms with Gasteiger partial charge in [-0.05, 0) is 17.7 Å². The summed E-state index contributed by atoms with van der Waals surface area (Å²) in [7, 11) is 0. The number of nitrogens with zero attached hydrogens (tertiary/aromatic N) is 1. The first-order valence-electron chi connectivity index (χ1n) is 3.84. The lowest BCUT2D eigenvalue weighted by Crippen LogP contribution is -2.21. The number of halogens is 1. The minimum atomic E-state index is -0.440. The molecule has 0 heterocycles. The Morgan fingerprint density at radius 3 is 2.77 bits per heavy atom. The highest BCUT2D eigenvalue weighted by Crippen LogP contribution is 2.15. The van der Waals surface area contributed by atoms with Crippen LogP contribution in [0.3, 0.4) is 0 Å². The molecule has 0 aliphatic heterocycles. The van der Waals surface area contributed by atoms with Gasteiger partial charge in [0.1, 0.15) is 5.82 Å². The first-order chi connectivity index (χ1) is 6.19. The Bertz CT molecular complexity index is 343. The standard InChI is InChI=1S/C9H10FN3/c10-7-1-2-8(9(13)5-12)6(3-7)4-11/h1-3,9H,5,12-13H2. The Morgan fingerprint density at radius 2 is 2.23 bits per heavy atom. The second kappa shape index (κ2) is 3.99. The SMILES string of the molecule is N#Cc1cc(F)ccc1C(N)CN. The molecule has 0 aromatic heterocycles. The van der Waals surface area contributed by atoms with Gasteiger partial charge in [-0.3, -0.25) is 0 Å². The molecule has 1 aromatic rings. The first kappa shape index (κ1) is 9.65. The lowest BCUT2D eigenvalue weighted by molar-refractivity contribution is 0.624. The van der Waals surface area contributed by atoms with E-state index in [4.69, 9.17) is 16.7 Å². The zero-order valence-corrected chi connectivity index (χ0v) is 7.00. The fourth-order valence-corrected chi connectivity index (χ4v) is 1.08. The van der Waals surface area contributed by atoms with Gasteiger partial charge in [0.25, 0.3) is 0 Å². The van der Waals surface area contributed by atoms with E-state index in [1.54, 1.807) is 0 Å². The van der Waals surface area contributed by atoms with Gasteiger partial charge in [-0.1, -0.05) is 6.07 Å². The highest BCUT2D eigenvalue weighted by atomic mass is 19.1. The minimum absolute atomic E-state index is 0.236. The van der Waals surface area contributed by atoms with Crippen molar-refractivity contribution in [3.8, 4) is 6.07 Å². The van der Waals surface area contributed by atoms with E-state index in [2.05, 4.69) is 0 Å². The van der Waals surface area contributed by atoms with Crippen molar-refractivity contribution >= 4 is 0 Å². The van der Waals surface area contributed by atoms with Gasteiger partial charge < -0.3 is 11.5 Å². The van der Waals surface area contributed by atoms with Crippen molar-refractivity contribution in [1.82, 2.24) is 0 Å². The molecule has 1 rings (SSSR count). The normalized spacial score (nSPS) is 12.2. The summed E-state index contributed by atoms with van der Waals surface area (Å²) in [4.78, 5) is 0. The van der Waals surface area contributed by atoms with E-state index in [9.17, 15) is 4.39 Å². The van der Waals surface area contributed by atoms with Gasteiger partial charge in [0.15, 0.2) is 0 Å². The van der Waals surface area contributed by atoms with Crippen LogP contribution in [0, 0.1) is 17.1 Å². The molecule has 0 aliphatic rings. The van der Waals surface area contributed by atoms with Crippen molar-refractivity contribution in [1.29, 1.82) is 5.26 Å². The average Bonchev–Trinajstić information content (AvgIpc) is 2.16. The van der Waals surface area contributed by atoms with Crippen LogP contribution in [0.1, 0.15) is 17.2 Å². The van der Waals surface area contributed by atoms with Crippen molar-refractivity contribution in [3.05, 3.63) is 35.1 Å². The lowest BCUT2D eigenvalue weighted by atomic mass is 10.0. The van der Waals surface area contributed by atoms with Crippen LogP contribution in [0.15, 0.2) is 18.2 Å². The maximum atomic E-state index is 12.7. The van der Waals surface area contributed by atoms with E-state index in [-0.39, 0.29) is 12.1 Å². The smallest absolute Gasteiger partial charge is 0.124 e. The maximum absolute atomic E-state index is 12.7. The number of nitriles is 1. The molecule has 0 bridgehead atoms. The minimum Gasteiger partial charge on any atom is -0.329 e. The second-order valence-electron chi connectivity index (χ2n) is 2.69. The number of benzene rings is 1. The Kier molecular flexibility index (Phi) is 2.96. The van der Waals surface area contributed by atoms with E-state index >= 15 is 0 Å². The molecule has 4 heteroatoms. The molecule has 0 fully saturated rings. The van der Waals surface area contributed by atoms with Crippen molar-refractivity contribution in [2.45, 2.75) is 6.04 Å². The van der Waals surface area contributed by atoms with Crippen molar-refractivity contribution in [2.75, 3.05) is 6.54 Å². The molecule has 13 heavy (non-hydrogen) atoms. The topological polar surface area (TPSA) is 75.8 Å². The van der Waals surface area contributed by atoms with E-state index in [0.29, 0.717) is 5.56 Å². The zero-order chi connectivity index (χ0) is 9.84. The van der Waals surface area contributed by atoms with Crippen LogP contribution in [0.25, 0.3) is 0 Å². The molecule has 1 atom stereocenters. The first-order valence-corrected chi connectivity index (χ1v) is 3.84. The van der Waals surface area contributed by atoms with E-state index < -0.39 is 11.9 Å². The Hall–Kier alpha value is -1.44. The molecule has 3 nitrogen and oxygen atoms in total. The predicted molar refractivity (Wildman–Crippen MR) is 47.1 cm³/mol. The third kappa shape index (κ3) is 2.02. The Labute approximate surface area is 75.8 Å². The van der Waals surface area contributed by atoms with Gasteiger partial charge in [-0.2, -0.15) is 5.26 Å². The predicted octanol–water partition coefficient (Wildman–Crippen LogP) is 0.656. The van der Waals surface area contributed by atoms with Gasteiger partial charge in [0.2, 0.25) is 0 Å². The third-order valence-electron chi connectivity index (χ3n) is 1.79. The second-order valence-corrected chi connectivity index (χ2v) is 2.69. The van der Waals surface area contributed by atoms with Crippen LogP contribution in [0.2, 0.25) is 0 Å². The molecule has 1 unspecified atom stereocenters. The highest BCUT2D eigenvalue weighted by Gasteiger charge is 2.09. The zero-order valence-electron chi connectivity index (χ0n) is 7.00. The van der Waals surface area contributed by atoms with Gasteiger partial charge in [0.05, 0.1) is 11.6 Å². The molecule has 68 valence electrons. The molecular formula is C9H10FN3. The van der Waals surface area contributed by atoms with Crippen molar-refractivity contribution in [3.63, 3.8) is 0 Å². The molecule has 0 amide bonds. The molecule has 0 saturated heterocycles. The molecule has 0 saturated carbocycles. The van der Waals surface area contributed by atoms with Crippen molar-refractivity contribution < 1.29 is 4.39 Å². The third-order valence-corrected chi connectivity index (χ3v) is 1.79. The average molecular weight is 179 g/mol. The van der Waals surface area contributed by atoms with E-state index in [0.717, 1.165) is 6.07 Å². The number of hydrogen-bond donors (Lipinski definition) is 2. The fraction of sp³-hybridized carbons (Fsp3) is 0.222. The van der Waals surface area contributed by atoms with Crippen LogP contribution in [0.4, 0.5) is 4.39 Å². The van der Waals surface area contributed by atoms with Crippen LogP contribution in [0.5, 0.6) is 0 Å². The summed E-state index contributed by atoms with van der Waals surface area (Å²) >= 11 is 0. The van der Waals surface area contributed by atoms with Crippen LogP contribution in [-0.2, 0) is 0 Å². The summed E-state index contributed by atoms with van der Waals surface area (Å²) in [6, 6.07) is 5.39. The largest absolute Gasteiger partial charge is 0.329 e. The number of nitrogens with two attached hydrogens (primary N) is 2. The lowest BCUT2D eigenvalue weighted by Gasteiger charge is -2.10. The summed E-state index contributed by atoms with van der Waals surface area (Å²) in [6.45, 7) is 0.236. The van der Waals surface area contributed by atoms with E-state index in [1.165, 1.54) is 12.1 Å². The monoisotopic (exact) mass is 179 g/mol. The number of hydrogen-bond acceptors (Lipinski definition) is 3. The quantitative estimate of drug-likeness (QED) is 0.700. The van der Waals surface area contributed by atoms with E-state index in [1.807, 2.05) is 6.07 Å². The summed E-state index contributed by atoms with van der Waals surface area (Å²) in [5.41, 5.74) is 11.8. The summed E-state index contributed by atoms with van der Waals surface area (Å²) in [5, 5.41) is 8.67. The van der Waals surface area contributed by atoms with Gasteiger partial charge >= 0.3 is 0 Å². The Morgan fingerprint density at radius 1 is 1.54 bits per heavy atom. The molecule has 0 radical (unpaired) electrons. The highest BCUT2D eigenvalue weighted by molar-refractivity contribution is 5.39. The number of rotatable bonds is 2. The fourth-order valence-electron chi connectivity index (χ4n) is 1.08. The van der Waals surface area contributed by atoms with Gasteiger partial charge in [0, 0.05) is 12.6 Å². The molecule has 0 spiro atoms. The Balaban J connectivity index is 3.15. The molecular weight excluding hydrogens is 169 g/mol. The van der Waals surface area contributed by atoms with Gasteiger partial charge in [-0.15, -0.1) is 0 Å². The molecule has 1 aromatic carbocycles. The maximum Gasteiger partial charge on any atom is 0.124 e. The van der Waals surface area contributed by atoms with Crippen molar-refractivity contribution in [2.24, 2.45) is 11.5 Å². The van der Waals surface area contributed by atoms with Crippen LogP contribution < -0.4 is 11.5 Å².